The zero-order valence-electron chi connectivity index (χ0n) is 19.6. The van der Waals surface area contributed by atoms with Gasteiger partial charge in [0.25, 0.3) is 0 Å². The van der Waals surface area contributed by atoms with Crippen LogP contribution in [0.1, 0.15) is 34.8 Å². The number of anilines is 1. The third-order valence-electron chi connectivity index (χ3n) is 6.44. The minimum absolute atomic E-state index is 0.150. The third-order valence-corrected chi connectivity index (χ3v) is 6.44. The van der Waals surface area contributed by atoms with Gasteiger partial charge in [-0.05, 0) is 60.8 Å². The van der Waals surface area contributed by atoms with Gasteiger partial charge in [-0.1, -0.05) is 48.5 Å². The van der Waals surface area contributed by atoms with E-state index in [4.69, 9.17) is 4.74 Å². The molecule has 0 radical (unpaired) electrons. The molecule has 2 unspecified atom stereocenters. The molecule has 1 aliphatic heterocycles. The summed E-state index contributed by atoms with van der Waals surface area (Å²) < 4.78 is 4.95. The number of hydrogen-bond donors (Lipinski definition) is 2. The molecular formula is C27H29N3O4. The molecule has 3 aromatic carbocycles. The van der Waals surface area contributed by atoms with Gasteiger partial charge < -0.3 is 20.3 Å². The number of nitrogens with one attached hydrogen (secondary N) is 2. The van der Waals surface area contributed by atoms with Crippen molar-refractivity contribution in [3.8, 4) is 0 Å². The van der Waals surface area contributed by atoms with Crippen molar-refractivity contribution < 1.29 is 19.1 Å². The van der Waals surface area contributed by atoms with Crippen molar-refractivity contribution in [3.05, 3.63) is 77.4 Å². The summed E-state index contributed by atoms with van der Waals surface area (Å²) in [5, 5.41) is 7.49. The Morgan fingerprint density at radius 1 is 1.06 bits per heavy atom. The summed E-state index contributed by atoms with van der Waals surface area (Å²) in [7, 11) is 3.08. The van der Waals surface area contributed by atoms with Crippen molar-refractivity contribution in [2.75, 3.05) is 19.1 Å². The van der Waals surface area contributed by atoms with E-state index in [9.17, 15) is 14.4 Å². The second-order valence-electron chi connectivity index (χ2n) is 8.47. The fraction of sp³-hybridized carbons (Fsp3) is 0.296. The highest BCUT2D eigenvalue weighted by Gasteiger charge is 2.32. The van der Waals surface area contributed by atoms with E-state index < -0.39 is 18.1 Å². The number of ether oxygens (including phenoxy) is 1. The van der Waals surface area contributed by atoms with Crippen LogP contribution in [0.25, 0.3) is 10.8 Å². The molecule has 2 amide bonds. The van der Waals surface area contributed by atoms with Crippen LogP contribution in [0.15, 0.2) is 60.7 Å². The van der Waals surface area contributed by atoms with Gasteiger partial charge in [-0.3, -0.25) is 9.59 Å². The number of fused-ring (bicyclic) bond motifs is 2. The normalized spacial score (nSPS) is 16.5. The van der Waals surface area contributed by atoms with Gasteiger partial charge in [0.05, 0.1) is 25.3 Å². The zero-order valence-corrected chi connectivity index (χ0v) is 19.6. The summed E-state index contributed by atoms with van der Waals surface area (Å²) in [5.74, 6) is -0.761. The van der Waals surface area contributed by atoms with Crippen molar-refractivity contribution in [1.82, 2.24) is 10.6 Å². The maximum Gasteiger partial charge on any atom is 0.338 e. The Hall–Kier alpha value is -3.71. The number of carbonyl (C=O) groups is 3. The number of methoxy groups -OCH3 is 1. The summed E-state index contributed by atoms with van der Waals surface area (Å²) >= 11 is 0. The first-order valence-corrected chi connectivity index (χ1v) is 11.4. The predicted octanol–water partition coefficient (Wildman–Crippen LogP) is 3.20. The Labute approximate surface area is 199 Å². The molecule has 0 aliphatic carbocycles. The number of hydrogen-bond acceptors (Lipinski definition) is 5. The second-order valence-corrected chi connectivity index (χ2v) is 8.47. The van der Waals surface area contributed by atoms with Crippen LogP contribution in [0, 0.1) is 0 Å². The number of amides is 2. The van der Waals surface area contributed by atoms with Gasteiger partial charge in [-0.2, -0.15) is 0 Å². The molecule has 176 valence electrons. The Balaban J connectivity index is 1.74. The van der Waals surface area contributed by atoms with E-state index >= 15 is 0 Å². The first kappa shape index (κ1) is 23.4. The van der Waals surface area contributed by atoms with Crippen LogP contribution in [0.2, 0.25) is 0 Å². The standard InChI is InChI=1S/C27H29N3O4/c1-17(28-2)25(31)29-23-15-14-18-8-4-5-13-24(18)30(26(23)32)16-19-9-6-11-21-20(19)10-7-12-22(21)27(33)34-3/h4-13,17,23,28H,14-16H2,1-3H3,(H,29,31). The largest absolute Gasteiger partial charge is 0.465 e. The average molecular weight is 460 g/mol. The average Bonchev–Trinajstić information content (AvgIpc) is 2.99. The summed E-state index contributed by atoms with van der Waals surface area (Å²) in [6, 6.07) is 18.0. The minimum Gasteiger partial charge on any atom is -0.465 e. The summed E-state index contributed by atoms with van der Waals surface area (Å²) in [5.41, 5.74) is 3.29. The van der Waals surface area contributed by atoms with Crippen molar-refractivity contribution in [1.29, 1.82) is 0 Å². The van der Waals surface area contributed by atoms with E-state index in [0.29, 0.717) is 24.9 Å². The lowest BCUT2D eigenvalue weighted by Gasteiger charge is -2.27. The maximum atomic E-state index is 13.7. The Kier molecular flexibility index (Phi) is 6.93. The molecule has 34 heavy (non-hydrogen) atoms. The predicted molar refractivity (Wildman–Crippen MR) is 132 cm³/mol. The molecule has 1 heterocycles. The molecule has 0 bridgehead atoms. The lowest BCUT2D eigenvalue weighted by molar-refractivity contribution is -0.128. The number of rotatable bonds is 6. The van der Waals surface area contributed by atoms with Crippen LogP contribution < -0.4 is 15.5 Å². The molecule has 0 spiro atoms. The van der Waals surface area contributed by atoms with Crippen molar-refractivity contribution in [2.45, 2.75) is 38.4 Å². The lowest BCUT2D eigenvalue weighted by atomic mass is 9.99. The number of carbonyl (C=O) groups excluding carboxylic acids is 3. The fourth-order valence-corrected chi connectivity index (χ4v) is 4.41. The molecule has 7 nitrogen and oxygen atoms in total. The van der Waals surface area contributed by atoms with Crippen molar-refractivity contribution in [2.24, 2.45) is 0 Å². The summed E-state index contributed by atoms with van der Waals surface area (Å²) in [6.45, 7) is 2.07. The molecule has 0 saturated heterocycles. The van der Waals surface area contributed by atoms with Crippen LogP contribution in [-0.4, -0.2) is 44.0 Å². The molecule has 3 aromatic rings. The third kappa shape index (κ3) is 4.52. The van der Waals surface area contributed by atoms with Gasteiger partial charge in [-0.15, -0.1) is 0 Å². The monoisotopic (exact) mass is 459 g/mol. The molecule has 4 rings (SSSR count). The van der Waals surface area contributed by atoms with Gasteiger partial charge in [0, 0.05) is 5.69 Å². The summed E-state index contributed by atoms with van der Waals surface area (Å²) in [4.78, 5) is 40.3. The van der Waals surface area contributed by atoms with Crippen molar-refractivity contribution >= 4 is 34.2 Å². The maximum absolute atomic E-state index is 13.7. The number of esters is 1. The highest BCUT2D eigenvalue weighted by Crippen LogP contribution is 2.31. The molecule has 7 heteroatoms. The van der Waals surface area contributed by atoms with Gasteiger partial charge in [0.15, 0.2) is 0 Å². The van der Waals surface area contributed by atoms with Crippen LogP contribution in [0.3, 0.4) is 0 Å². The molecule has 1 aliphatic rings. The topological polar surface area (TPSA) is 87.7 Å². The fourth-order valence-electron chi connectivity index (χ4n) is 4.41. The number of likely N-dealkylation sites (N-methyl/N-ethyl adjacent to an activating group) is 1. The Morgan fingerprint density at radius 2 is 1.79 bits per heavy atom. The Morgan fingerprint density at radius 3 is 2.56 bits per heavy atom. The zero-order chi connectivity index (χ0) is 24.2. The molecule has 0 saturated carbocycles. The SMILES string of the molecule is CNC(C)C(=O)NC1CCc2ccccc2N(Cc2cccc3c(C(=O)OC)cccc23)C1=O. The Bertz CT molecular complexity index is 1240. The number of para-hydroxylation sites is 1. The highest BCUT2D eigenvalue weighted by molar-refractivity contribution is 6.06. The first-order chi connectivity index (χ1) is 16.4. The van der Waals surface area contributed by atoms with E-state index in [2.05, 4.69) is 10.6 Å². The van der Waals surface area contributed by atoms with E-state index in [-0.39, 0.29) is 11.8 Å². The quantitative estimate of drug-likeness (QED) is 0.553. The minimum atomic E-state index is -0.628. The van der Waals surface area contributed by atoms with Gasteiger partial charge in [0.2, 0.25) is 11.8 Å². The number of aryl methyl sites for hydroxylation is 1. The molecular weight excluding hydrogens is 430 g/mol. The second kappa shape index (κ2) is 10.1. The molecule has 2 N–H and O–H groups in total. The van der Waals surface area contributed by atoms with Gasteiger partial charge in [0.1, 0.15) is 6.04 Å². The highest BCUT2D eigenvalue weighted by atomic mass is 16.5. The first-order valence-electron chi connectivity index (χ1n) is 11.4. The van der Waals surface area contributed by atoms with Gasteiger partial charge in [-0.25, -0.2) is 4.79 Å². The van der Waals surface area contributed by atoms with Crippen LogP contribution in [-0.2, 0) is 27.3 Å². The molecule has 2 atom stereocenters. The molecule has 0 fully saturated rings. The lowest BCUT2D eigenvalue weighted by Crippen LogP contribution is -2.52. The summed E-state index contributed by atoms with van der Waals surface area (Å²) in [6.07, 6.45) is 1.20. The van der Waals surface area contributed by atoms with Crippen LogP contribution in [0.4, 0.5) is 5.69 Å². The smallest absolute Gasteiger partial charge is 0.338 e. The van der Waals surface area contributed by atoms with E-state index in [1.165, 1.54) is 7.11 Å². The van der Waals surface area contributed by atoms with E-state index in [1.54, 1.807) is 24.9 Å². The van der Waals surface area contributed by atoms with Crippen LogP contribution in [0.5, 0.6) is 0 Å². The van der Waals surface area contributed by atoms with Crippen molar-refractivity contribution in [3.63, 3.8) is 0 Å². The van der Waals surface area contributed by atoms with E-state index in [0.717, 1.165) is 27.6 Å². The van der Waals surface area contributed by atoms with Crippen LogP contribution >= 0.6 is 0 Å². The molecule has 0 aromatic heterocycles. The van der Waals surface area contributed by atoms with E-state index in [1.807, 2.05) is 54.6 Å². The van der Waals surface area contributed by atoms with Gasteiger partial charge >= 0.3 is 5.97 Å². The number of nitrogens with zero attached hydrogens (tertiary/aromatic N) is 1. The number of benzene rings is 3.